The summed E-state index contributed by atoms with van der Waals surface area (Å²) in [6, 6.07) is 0. The molecule has 0 bridgehead atoms. The number of rotatable bonds is 0. The van der Waals surface area contributed by atoms with E-state index < -0.39 is 17.7 Å². The molecule has 0 radical (unpaired) electrons. The van der Waals surface area contributed by atoms with Gasteiger partial charge in [-0.3, -0.25) is 0 Å². The van der Waals surface area contributed by atoms with Crippen molar-refractivity contribution in [2.24, 2.45) is 0 Å². The van der Waals surface area contributed by atoms with E-state index in [1.807, 2.05) is 27.7 Å². The molecule has 3 aliphatic rings. The third kappa shape index (κ3) is 1.90. The lowest BCUT2D eigenvalue weighted by Gasteiger charge is -2.34. The van der Waals surface area contributed by atoms with Gasteiger partial charge in [0.15, 0.2) is 11.6 Å². The minimum atomic E-state index is -0.692. The van der Waals surface area contributed by atoms with Gasteiger partial charge < -0.3 is 24.1 Å². The first-order valence-corrected chi connectivity index (χ1v) is 6.17. The van der Waals surface area contributed by atoms with Crippen LogP contribution in [0.2, 0.25) is 0 Å². The highest BCUT2D eigenvalue weighted by Gasteiger charge is 2.58. The molecule has 2 heterocycles. The largest absolute Gasteiger partial charge is 0.387 e. The van der Waals surface area contributed by atoms with E-state index in [1.165, 1.54) is 0 Å². The van der Waals surface area contributed by atoms with Crippen molar-refractivity contribution < 1.29 is 24.1 Å². The van der Waals surface area contributed by atoms with Gasteiger partial charge in [0.05, 0.1) is 12.2 Å². The van der Waals surface area contributed by atoms with E-state index in [4.69, 9.17) is 18.9 Å². The molecule has 0 amide bonds. The summed E-state index contributed by atoms with van der Waals surface area (Å²) in [5, 5.41) is 10.3. The minimum absolute atomic E-state index is 0.112. The van der Waals surface area contributed by atoms with Crippen LogP contribution in [0.5, 0.6) is 0 Å². The summed E-state index contributed by atoms with van der Waals surface area (Å²) in [4.78, 5) is 0. The van der Waals surface area contributed by atoms with Gasteiger partial charge in [0.2, 0.25) is 0 Å². The minimum Gasteiger partial charge on any atom is -0.387 e. The van der Waals surface area contributed by atoms with Crippen LogP contribution in [0.1, 0.15) is 34.1 Å². The first kappa shape index (κ1) is 11.9. The number of fused-ring (bicyclic) bond motifs is 2. The van der Waals surface area contributed by atoms with Crippen LogP contribution in [0.15, 0.2) is 0 Å². The summed E-state index contributed by atoms with van der Waals surface area (Å²) in [5.41, 5.74) is 0. The van der Waals surface area contributed by atoms with Crippen molar-refractivity contribution in [2.75, 3.05) is 0 Å². The van der Waals surface area contributed by atoms with E-state index in [0.29, 0.717) is 6.42 Å². The van der Waals surface area contributed by atoms with Crippen molar-refractivity contribution in [1.29, 1.82) is 0 Å². The van der Waals surface area contributed by atoms with Crippen molar-refractivity contribution in [1.82, 2.24) is 0 Å². The van der Waals surface area contributed by atoms with Crippen molar-refractivity contribution in [3.8, 4) is 0 Å². The summed E-state index contributed by atoms with van der Waals surface area (Å²) in [5.74, 6) is -1.27. The molecule has 17 heavy (non-hydrogen) atoms. The number of hydrogen-bond donors (Lipinski definition) is 1. The van der Waals surface area contributed by atoms with Gasteiger partial charge in [0.1, 0.15) is 18.3 Å². The van der Waals surface area contributed by atoms with Crippen molar-refractivity contribution in [2.45, 2.75) is 76.2 Å². The summed E-state index contributed by atoms with van der Waals surface area (Å²) < 4.78 is 23.0. The molecular weight excluding hydrogens is 224 g/mol. The fraction of sp³-hybridized carbons (Fsp3) is 1.00. The van der Waals surface area contributed by atoms with E-state index in [-0.39, 0.29) is 24.4 Å². The predicted molar refractivity (Wildman–Crippen MR) is 58.3 cm³/mol. The fourth-order valence-electron chi connectivity index (χ4n) is 3.09. The average molecular weight is 244 g/mol. The zero-order valence-corrected chi connectivity index (χ0v) is 10.7. The zero-order chi connectivity index (χ0) is 12.4. The highest BCUT2D eigenvalue weighted by Crippen LogP contribution is 2.43. The summed E-state index contributed by atoms with van der Waals surface area (Å²) >= 11 is 0. The van der Waals surface area contributed by atoms with Gasteiger partial charge in [-0.2, -0.15) is 0 Å². The van der Waals surface area contributed by atoms with Crippen LogP contribution in [0.4, 0.5) is 0 Å². The number of aliphatic hydroxyl groups excluding tert-OH is 1. The van der Waals surface area contributed by atoms with Crippen LogP contribution in [0, 0.1) is 0 Å². The molecule has 1 saturated carbocycles. The van der Waals surface area contributed by atoms with Crippen molar-refractivity contribution in [3.63, 3.8) is 0 Å². The lowest BCUT2D eigenvalue weighted by atomic mass is 9.87. The van der Waals surface area contributed by atoms with Gasteiger partial charge >= 0.3 is 0 Å². The molecule has 3 fully saturated rings. The third-order valence-corrected chi connectivity index (χ3v) is 3.58. The maximum absolute atomic E-state index is 10.3. The Balaban J connectivity index is 1.81. The molecule has 5 atom stereocenters. The molecule has 1 unspecified atom stereocenters. The Morgan fingerprint density at radius 2 is 1.24 bits per heavy atom. The second-order valence-electron chi connectivity index (χ2n) is 6.00. The van der Waals surface area contributed by atoms with Crippen LogP contribution < -0.4 is 0 Å². The Morgan fingerprint density at radius 3 is 1.65 bits per heavy atom. The molecule has 0 aromatic heterocycles. The van der Waals surface area contributed by atoms with Gasteiger partial charge in [-0.25, -0.2) is 0 Å². The smallest absolute Gasteiger partial charge is 0.163 e. The van der Waals surface area contributed by atoms with Gasteiger partial charge in [0.25, 0.3) is 0 Å². The standard InChI is InChI=1S/C12H20O5/c1-11(2)14-6-5-7-10(8(13)9(6)16-11)17-12(3,4)15-7/h6-10,13H,5H2,1-4H3/t6-,7+,8?,9-,10-/m0/s1. The second kappa shape index (κ2) is 3.42. The van der Waals surface area contributed by atoms with Crippen molar-refractivity contribution >= 4 is 0 Å². The van der Waals surface area contributed by atoms with Crippen LogP contribution >= 0.6 is 0 Å². The predicted octanol–water partition coefficient (Wildman–Crippen LogP) is 0.791. The summed E-state index contributed by atoms with van der Waals surface area (Å²) in [6.45, 7) is 7.44. The number of aliphatic hydroxyl groups is 1. The quantitative estimate of drug-likeness (QED) is 0.682. The summed E-state index contributed by atoms with van der Waals surface area (Å²) in [7, 11) is 0. The fourth-order valence-corrected chi connectivity index (χ4v) is 3.09. The van der Waals surface area contributed by atoms with E-state index in [9.17, 15) is 5.11 Å². The Bertz CT molecular complexity index is 297. The Morgan fingerprint density at radius 1 is 0.824 bits per heavy atom. The van der Waals surface area contributed by atoms with E-state index in [0.717, 1.165) is 0 Å². The second-order valence-corrected chi connectivity index (χ2v) is 6.00. The third-order valence-electron chi connectivity index (χ3n) is 3.58. The monoisotopic (exact) mass is 244 g/mol. The SMILES string of the molecule is CC1(C)O[C@H]2C[C@H]3OC(C)(C)O[C@@H]3C(O)[C@H]2O1. The normalized spacial score (nSPS) is 51.0. The van der Waals surface area contributed by atoms with Gasteiger partial charge in [-0.15, -0.1) is 0 Å². The maximum Gasteiger partial charge on any atom is 0.163 e. The van der Waals surface area contributed by atoms with E-state index in [1.54, 1.807) is 0 Å². The Labute approximate surface area is 101 Å². The first-order chi connectivity index (χ1) is 7.77. The highest BCUT2D eigenvalue weighted by molar-refractivity contribution is 5.02. The Kier molecular flexibility index (Phi) is 2.39. The van der Waals surface area contributed by atoms with Crippen LogP contribution in [0.25, 0.3) is 0 Å². The van der Waals surface area contributed by atoms with Crippen LogP contribution in [-0.4, -0.2) is 47.2 Å². The van der Waals surface area contributed by atoms with Crippen LogP contribution in [-0.2, 0) is 18.9 Å². The molecule has 1 N–H and O–H groups in total. The molecule has 0 spiro atoms. The first-order valence-electron chi connectivity index (χ1n) is 6.17. The molecular formula is C12H20O5. The highest BCUT2D eigenvalue weighted by atomic mass is 16.8. The average Bonchev–Trinajstić information content (AvgIpc) is 2.61. The summed E-state index contributed by atoms with van der Waals surface area (Å²) in [6.07, 6.45) is -0.841. The lowest BCUT2D eigenvalue weighted by molar-refractivity contribution is -0.179. The van der Waals surface area contributed by atoms with Crippen molar-refractivity contribution in [3.05, 3.63) is 0 Å². The maximum atomic E-state index is 10.3. The molecule has 0 aromatic carbocycles. The number of ether oxygens (including phenoxy) is 4. The molecule has 2 saturated heterocycles. The number of hydrogen-bond acceptors (Lipinski definition) is 5. The molecule has 3 rings (SSSR count). The molecule has 5 heteroatoms. The lowest BCUT2D eigenvalue weighted by Crippen LogP contribution is -2.53. The zero-order valence-electron chi connectivity index (χ0n) is 10.7. The molecule has 1 aliphatic carbocycles. The molecule has 0 aromatic rings. The van der Waals surface area contributed by atoms with Gasteiger partial charge in [-0.05, 0) is 27.7 Å². The Hall–Kier alpha value is -0.200. The topological polar surface area (TPSA) is 57.2 Å². The van der Waals surface area contributed by atoms with Gasteiger partial charge in [0, 0.05) is 6.42 Å². The molecule has 2 aliphatic heterocycles. The van der Waals surface area contributed by atoms with E-state index >= 15 is 0 Å². The van der Waals surface area contributed by atoms with Crippen LogP contribution in [0.3, 0.4) is 0 Å². The van der Waals surface area contributed by atoms with Gasteiger partial charge in [-0.1, -0.05) is 0 Å². The molecule has 5 nitrogen and oxygen atoms in total. The molecule has 98 valence electrons. The van der Waals surface area contributed by atoms with E-state index in [2.05, 4.69) is 0 Å².